The van der Waals surface area contributed by atoms with Crippen LogP contribution in [-0.2, 0) is 11.3 Å². The molecule has 2 amide bonds. The molecule has 1 saturated heterocycles. The fourth-order valence-electron chi connectivity index (χ4n) is 2.54. The summed E-state index contributed by atoms with van der Waals surface area (Å²) in [4.78, 5) is 26.1. The minimum absolute atomic E-state index is 0.0731. The molecule has 0 aliphatic carbocycles. The lowest BCUT2D eigenvalue weighted by atomic mass is 10.2. The molecule has 1 heterocycles. The SMILES string of the molecule is CC[C@H](C)Oc1ccc(/C=C2\SC(=O)N(Cc3ccccc3F)C2=O)cc1. The third-order valence-electron chi connectivity index (χ3n) is 4.25. The van der Waals surface area contributed by atoms with Crippen LogP contribution >= 0.6 is 11.8 Å². The van der Waals surface area contributed by atoms with Crippen LogP contribution in [-0.4, -0.2) is 22.2 Å². The molecule has 0 N–H and O–H groups in total. The average molecular weight is 385 g/mol. The van der Waals surface area contributed by atoms with Gasteiger partial charge in [-0.05, 0) is 54.9 Å². The minimum atomic E-state index is -0.433. The smallest absolute Gasteiger partial charge is 0.293 e. The summed E-state index contributed by atoms with van der Waals surface area (Å²) in [6.07, 6.45) is 2.71. The molecule has 0 unspecified atom stereocenters. The number of imide groups is 1. The standard InChI is InChI=1S/C21H20FNO3S/c1-3-14(2)26-17-10-8-15(9-11-17)12-19-20(24)23(21(25)27-19)13-16-6-4-5-7-18(16)22/h4-12,14H,3,13H2,1-2H3/b19-12-/t14-/m0/s1. The molecule has 0 saturated carbocycles. The maximum Gasteiger partial charge on any atom is 0.293 e. The number of hydrogen-bond donors (Lipinski definition) is 0. The molecule has 6 heteroatoms. The van der Waals surface area contributed by atoms with Crippen LogP contribution in [0.5, 0.6) is 5.75 Å². The monoisotopic (exact) mass is 385 g/mol. The summed E-state index contributed by atoms with van der Waals surface area (Å²) in [5, 5.41) is -0.397. The Morgan fingerprint density at radius 1 is 1.15 bits per heavy atom. The number of thioether (sulfide) groups is 1. The van der Waals surface area contributed by atoms with E-state index < -0.39 is 17.0 Å². The number of hydrogen-bond acceptors (Lipinski definition) is 4. The second-order valence-electron chi connectivity index (χ2n) is 6.27. The Bertz CT molecular complexity index is 879. The lowest BCUT2D eigenvalue weighted by molar-refractivity contribution is -0.123. The van der Waals surface area contributed by atoms with Gasteiger partial charge in [0.05, 0.1) is 17.6 Å². The van der Waals surface area contributed by atoms with Gasteiger partial charge in [-0.25, -0.2) is 4.39 Å². The first-order valence-electron chi connectivity index (χ1n) is 8.73. The molecule has 27 heavy (non-hydrogen) atoms. The summed E-state index contributed by atoms with van der Waals surface area (Å²) in [7, 11) is 0. The lowest BCUT2D eigenvalue weighted by Gasteiger charge is -2.13. The van der Waals surface area contributed by atoms with Gasteiger partial charge in [0, 0.05) is 5.56 Å². The molecule has 1 aliphatic heterocycles. The summed E-state index contributed by atoms with van der Waals surface area (Å²) in [6.45, 7) is 3.98. The zero-order valence-electron chi connectivity index (χ0n) is 15.1. The maximum absolute atomic E-state index is 13.8. The van der Waals surface area contributed by atoms with E-state index in [0.717, 1.165) is 34.4 Å². The van der Waals surface area contributed by atoms with Crippen molar-refractivity contribution in [3.8, 4) is 5.75 Å². The minimum Gasteiger partial charge on any atom is -0.491 e. The average Bonchev–Trinajstić information content (AvgIpc) is 2.92. The van der Waals surface area contributed by atoms with Crippen molar-refractivity contribution in [2.24, 2.45) is 0 Å². The third kappa shape index (κ3) is 4.57. The van der Waals surface area contributed by atoms with Crippen LogP contribution in [0.2, 0.25) is 0 Å². The Kier molecular flexibility index (Phi) is 5.96. The van der Waals surface area contributed by atoms with Crippen LogP contribution in [0.15, 0.2) is 53.4 Å². The fraction of sp³-hybridized carbons (Fsp3) is 0.238. The van der Waals surface area contributed by atoms with E-state index in [2.05, 4.69) is 6.92 Å². The zero-order valence-corrected chi connectivity index (χ0v) is 16.0. The van der Waals surface area contributed by atoms with Crippen molar-refractivity contribution in [1.82, 2.24) is 4.90 Å². The molecule has 140 valence electrons. The van der Waals surface area contributed by atoms with E-state index in [9.17, 15) is 14.0 Å². The van der Waals surface area contributed by atoms with E-state index in [1.165, 1.54) is 6.07 Å². The van der Waals surface area contributed by atoms with Gasteiger partial charge in [-0.1, -0.05) is 37.3 Å². The first-order chi connectivity index (χ1) is 13.0. The number of rotatable bonds is 6. The van der Waals surface area contributed by atoms with Crippen molar-refractivity contribution in [1.29, 1.82) is 0 Å². The summed E-state index contributed by atoms with van der Waals surface area (Å²) >= 11 is 0.865. The van der Waals surface area contributed by atoms with Gasteiger partial charge in [0.15, 0.2) is 0 Å². The Hall–Kier alpha value is -2.60. The molecule has 1 fully saturated rings. The number of ether oxygens (including phenoxy) is 1. The molecule has 0 bridgehead atoms. The van der Waals surface area contributed by atoms with Gasteiger partial charge in [-0.2, -0.15) is 0 Å². The Morgan fingerprint density at radius 3 is 2.52 bits per heavy atom. The van der Waals surface area contributed by atoms with Crippen LogP contribution in [0.4, 0.5) is 9.18 Å². The number of carbonyl (C=O) groups excluding carboxylic acids is 2. The van der Waals surface area contributed by atoms with Crippen LogP contribution in [0.1, 0.15) is 31.4 Å². The highest BCUT2D eigenvalue weighted by molar-refractivity contribution is 8.18. The normalized spacial score (nSPS) is 16.9. The molecular formula is C21H20FNO3S. The predicted octanol–water partition coefficient (Wildman–Crippen LogP) is 5.24. The number of benzene rings is 2. The van der Waals surface area contributed by atoms with E-state index in [4.69, 9.17) is 4.74 Å². The Morgan fingerprint density at radius 2 is 1.85 bits per heavy atom. The topological polar surface area (TPSA) is 46.6 Å². The zero-order chi connectivity index (χ0) is 19.4. The molecule has 0 spiro atoms. The first-order valence-corrected chi connectivity index (χ1v) is 9.55. The Labute approximate surface area is 162 Å². The fourth-order valence-corrected chi connectivity index (χ4v) is 3.38. The molecule has 1 atom stereocenters. The molecular weight excluding hydrogens is 365 g/mol. The van der Waals surface area contributed by atoms with Crippen LogP contribution < -0.4 is 4.74 Å². The van der Waals surface area contributed by atoms with Gasteiger partial charge >= 0.3 is 0 Å². The summed E-state index contributed by atoms with van der Waals surface area (Å²) < 4.78 is 19.5. The third-order valence-corrected chi connectivity index (χ3v) is 5.16. The van der Waals surface area contributed by atoms with Crippen molar-refractivity contribution in [2.45, 2.75) is 32.9 Å². The van der Waals surface area contributed by atoms with E-state index in [1.807, 2.05) is 31.2 Å². The largest absolute Gasteiger partial charge is 0.491 e. The molecule has 1 aliphatic rings. The first kappa shape index (κ1) is 19.2. The summed E-state index contributed by atoms with van der Waals surface area (Å²) in [6, 6.07) is 13.5. The molecule has 2 aromatic rings. The summed E-state index contributed by atoms with van der Waals surface area (Å²) in [5.74, 6) is -0.0835. The van der Waals surface area contributed by atoms with Crippen LogP contribution in [0.3, 0.4) is 0 Å². The molecule has 0 radical (unpaired) electrons. The van der Waals surface area contributed by atoms with Gasteiger partial charge in [-0.3, -0.25) is 14.5 Å². The van der Waals surface area contributed by atoms with E-state index in [0.29, 0.717) is 10.5 Å². The van der Waals surface area contributed by atoms with E-state index in [-0.39, 0.29) is 12.6 Å². The van der Waals surface area contributed by atoms with Gasteiger partial charge < -0.3 is 4.74 Å². The molecule has 2 aromatic carbocycles. The highest BCUT2D eigenvalue weighted by Crippen LogP contribution is 2.33. The van der Waals surface area contributed by atoms with E-state index in [1.54, 1.807) is 24.3 Å². The van der Waals surface area contributed by atoms with Gasteiger partial charge in [0.25, 0.3) is 11.1 Å². The van der Waals surface area contributed by atoms with Crippen molar-refractivity contribution >= 4 is 29.0 Å². The maximum atomic E-state index is 13.8. The number of carbonyl (C=O) groups is 2. The van der Waals surface area contributed by atoms with Crippen molar-refractivity contribution in [3.05, 3.63) is 70.4 Å². The molecule has 4 nitrogen and oxygen atoms in total. The number of amides is 2. The molecule has 3 rings (SSSR count). The van der Waals surface area contributed by atoms with Crippen molar-refractivity contribution < 1.29 is 18.7 Å². The predicted molar refractivity (Wildman–Crippen MR) is 105 cm³/mol. The van der Waals surface area contributed by atoms with E-state index >= 15 is 0 Å². The van der Waals surface area contributed by atoms with Crippen LogP contribution in [0.25, 0.3) is 6.08 Å². The number of halogens is 1. The highest BCUT2D eigenvalue weighted by Gasteiger charge is 2.35. The van der Waals surface area contributed by atoms with Gasteiger partial charge in [0.1, 0.15) is 11.6 Å². The molecule has 0 aromatic heterocycles. The van der Waals surface area contributed by atoms with Crippen LogP contribution in [0, 0.1) is 5.82 Å². The Balaban J connectivity index is 1.73. The second kappa shape index (κ2) is 8.39. The second-order valence-corrected chi connectivity index (χ2v) is 7.26. The van der Waals surface area contributed by atoms with Crippen molar-refractivity contribution in [2.75, 3.05) is 0 Å². The highest BCUT2D eigenvalue weighted by atomic mass is 32.2. The number of nitrogens with zero attached hydrogens (tertiary/aromatic N) is 1. The summed E-state index contributed by atoms with van der Waals surface area (Å²) in [5.41, 5.74) is 1.11. The lowest BCUT2D eigenvalue weighted by Crippen LogP contribution is -2.27. The van der Waals surface area contributed by atoms with Gasteiger partial charge in [0.2, 0.25) is 0 Å². The van der Waals surface area contributed by atoms with Gasteiger partial charge in [-0.15, -0.1) is 0 Å². The van der Waals surface area contributed by atoms with Crippen molar-refractivity contribution in [3.63, 3.8) is 0 Å². The quantitative estimate of drug-likeness (QED) is 0.638.